The molecule has 0 radical (unpaired) electrons. The van der Waals surface area contributed by atoms with Crippen LogP contribution in [0.5, 0.6) is 0 Å². The van der Waals surface area contributed by atoms with E-state index in [1.54, 1.807) is 0 Å². The van der Waals surface area contributed by atoms with E-state index < -0.39 is 24.3 Å². The average molecular weight is 922 g/mol. The van der Waals surface area contributed by atoms with Crippen LogP contribution in [-0.4, -0.2) is 82.3 Å². The molecule has 0 aromatic rings. The van der Waals surface area contributed by atoms with E-state index in [1.165, 1.54) is 38.5 Å². The number of ether oxygens (including phenoxy) is 4. The van der Waals surface area contributed by atoms with Gasteiger partial charge in [-0.1, -0.05) is 182 Å². The summed E-state index contributed by atoms with van der Waals surface area (Å²) in [5.74, 6) is -2.33. The van der Waals surface area contributed by atoms with Gasteiger partial charge in [0, 0.05) is 12.8 Å². The van der Waals surface area contributed by atoms with Gasteiger partial charge in [0.25, 0.3) is 0 Å². The van der Waals surface area contributed by atoms with Gasteiger partial charge in [-0.15, -0.1) is 0 Å². The number of carbonyl (C=O) groups excluding carboxylic acids is 3. The second kappa shape index (κ2) is 47.7. The molecule has 9 heteroatoms. The SMILES string of the molecule is CC/C=C\C/C=C\C/C=C\C/C=C\C/C=C\C/C=C\CCCCCCCCCCC(=O)OC(COC(=O)CCCCCCC/C=C\C/C=C\CCCC)COC(OCC[N+](C)(C)C)C(=O)[O-]. The lowest BCUT2D eigenvalue weighted by atomic mass is 10.1. The third kappa shape index (κ3) is 48.2. The van der Waals surface area contributed by atoms with Crippen molar-refractivity contribution < 1.29 is 42.9 Å². The molecule has 0 bridgehead atoms. The maximum Gasteiger partial charge on any atom is 0.306 e. The van der Waals surface area contributed by atoms with E-state index in [-0.39, 0.29) is 38.6 Å². The number of carbonyl (C=O) groups is 3. The number of unbranched alkanes of at least 4 members (excludes halogenated alkanes) is 15. The van der Waals surface area contributed by atoms with Crippen LogP contribution >= 0.6 is 0 Å². The minimum Gasteiger partial charge on any atom is -0.545 e. The smallest absolute Gasteiger partial charge is 0.306 e. The van der Waals surface area contributed by atoms with Gasteiger partial charge < -0.3 is 33.3 Å². The molecule has 0 spiro atoms. The van der Waals surface area contributed by atoms with Crippen molar-refractivity contribution in [3.05, 3.63) is 97.2 Å². The number of allylic oxidation sites excluding steroid dienone is 16. The van der Waals surface area contributed by atoms with Crippen molar-refractivity contribution >= 4 is 17.9 Å². The van der Waals surface area contributed by atoms with Crippen LogP contribution in [0.25, 0.3) is 0 Å². The number of quaternary nitrogens is 1. The van der Waals surface area contributed by atoms with Gasteiger partial charge in [-0.2, -0.15) is 0 Å². The molecule has 0 aromatic heterocycles. The Labute approximate surface area is 403 Å². The molecule has 0 rings (SSSR count). The quantitative estimate of drug-likeness (QED) is 0.0195. The summed E-state index contributed by atoms with van der Waals surface area (Å²) in [6.45, 7) is 4.54. The van der Waals surface area contributed by atoms with Crippen LogP contribution in [0, 0.1) is 0 Å². The number of hydrogen-bond donors (Lipinski definition) is 0. The summed E-state index contributed by atoms with van der Waals surface area (Å²) in [6.07, 6.45) is 60.1. The maximum atomic E-state index is 12.8. The topological polar surface area (TPSA) is 111 Å². The van der Waals surface area contributed by atoms with Crippen molar-refractivity contribution in [2.24, 2.45) is 0 Å². The van der Waals surface area contributed by atoms with Crippen LogP contribution in [0.3, 0.4) is 0 Å². The fourth-order valence-electron chi connectivity index (χ4n) is 6.55. The van der Waals surface area contributed by atoms with Crippen LogP contribution in [0.15, 0.2) is 97.2 Å². The number of likely N-dealkylation sites (N-methyl/N-ethyl adjacent to an activating group) is 1. The molecule has 0 aromatic carbocycles. The fourth-order valence-corrected chi connectivity index (χ4v) is 6.55. The first-order valence-electron chi connectivity index (χ1n) is 25.9. The van der Waals surface area contributed by atoms with Crippen molar-refractivity contribution in [3.8, 4) is 0 Å². The predicted octanol–water partition coefficient (Wildman–Crippen LogP) is 13.3. The molecule has 0 aliphatic rings. The lowest BCUT2D eigenvalue weighted by Gasteiger charge is -2.26. The highest BCUT2D eigenvalue weighted by Gasteiger charge is 2.21. The normalized spacial score (nSPS) is 13.7. The summed E-state index contributed by atoms with van der Waals surface area (Å²) in [5, 5.41) is 11.7. The van der Waals surface area contributed by atoms with Gasteiger partial charge in [0.05, 0.1) is 40.3 Å². The minimum absolute atomic E-state index is 0.138. The first kappa shape index (κ1) is 62.2. The van der Waals surface area contributed by atoms with Gasteiger partial charge in [0.2, 0.25) is 0 Å². The Morgan fingerprint density at radius 3 is 1.29 bits per heavy atom. The summed E-state index contributed by atoms with van der Waals surface area (Å²) < 4.78 is 22.6. The number of aliphatic carboxylic acids is 1. The molecule has 0 fully saturated rings. The summed E-state index contributed by atoms with van der Waals surface area (Å²) in [5.41, 5.74) is 0. The molecule has 376 valence electrons. The molecule has 0 heterocycles. The summed E-state index contributed by atoms with van der Waals surface area (Å²) in [4.78, 5) is 37.1. The van der Waals surface area contributed by atoms with E-state index in [1.807, 2.05) is 21.1 Å². The maximum absolute atomic E-state index is 12.8. The van der Waals surface area contributed by atoms with E-state index in [0.717, 1.165) is 116 Å². The molecule has 0 N–H and O–H groups in total. The van der Waals surface area contributed by atoms with Crippen molar-refractivity contribution in [1.82, 2.24) is 0 Å². The largest absolute Gasteiger partial charge is 0.545 e. The Bertz CT molecular complexity index is 1400. The first-order valence-corrected chi connectivity index (χ1v) is 25.9. The molecule has 0 saturated carbocycles. The standard InChI is InChI=1S/C57H95NO8/c1-6-8-10-12-14-16-18-20-22-23-24-25-26-27-28-29-30-31-32-33-34-36-38-40-42-44-46-48-55(60)66-53(52-65-57(56(61)62)63-50-49-58(3,4)5)51-64-54(59)47-45-43-41-39-37-35-21-19-17-15-13-11-9-7-2/h8,10,13-16,19-22,24-25,27-28,30-31,53,57H,6-7,9,11-12,17-18,23,26,29,32-52H2,1-5H3/b10-8-,15-13-,16-14-,21-19-,22-20-,25-24-,28-27-,31-30-. The zero-order chi connectivity index (χ0) is 48.4. The summed E-state index contributed by atoms with van der Waals surface area (Å²) >= 11 is 0. The van der Waals surface area contributed by atoms with Crippen LogP contribution in [0.2, 0.25) is 0 Å². The van der Waals surface area contributed by atoms with Crippen LogP contribution in [-0.2, 0) is 33.3 Å². The second-order valence-corrected chi connectivity index (χ2v) is 18.1. The fraction of sp³-hybridized carbons (Fsp3) is 0.667. The Hall–Kier alpha value is -3.79. The number of carboxylic acids is 1. The monoisotopic (exact) mass is 922 g/mol. The highest BCUT2D eigenvalue weighted by atomic mass is 16.7. The van der Waals surface area contributed by atoms with Crippen molar-refractivity contribution in [1.29, 1.82) is 0 Å². The third-order valence-corrected chi connectivity index (χ3v) is 10.6. The number of nitrogens with zero attached hydrogens (tertiary/aromatic N) is 1. The molecule has 2 atom stereocenters. The zero-order valence-electron chi connectivity index (χ0n) is 42.5. The van der Waals surface area contributed by atoms with Crippen LogP contribution in [0.1, 0.15) is 187 Å². The highest BCUT2D eigenvalue weighted by Crippen LogP contribution is 2.13. The van der Waals surface area contributed by atoms with E-state index in [4.69, 9.17) is 18.9 Å². The average Bonchev–Trinajstić information content (AvgIpc) is 3.28. The number of hydrogen-bond acceptors (Lipinski definition) is 8. The molecular formula is C57H95NO8. The molecule has 0 aliphatic carbocycles. The molecule has 9 nitrogen and oxygen atoms in total. The Morgan fingerprint density at radius 2 is 0.864 bits per heavy atom. The molecule has 0 saturated heterocycles. The van der Waals surface area contributed by atoms with Crippen LogP contribution < -0.4 is 5.11 Å². The van der Waals surface area contributed by atoms with Crippen LogP contribution in [0.4, 0.5) is 0 Å². The van der Waals surface area contributed by atoms with Gasteiger partial charge in [0.1, 0.15) is 13.2 Å². The molecule has 2 unspecified atom stereocenters. The molecule has 0 aliphatic heterocycles. The Morgan fingerprint density at radius 1 is 0.470 bits per heavy atom. The second-order valence-electron chi connectivity index (χ2n) is 18.1. The van der Waals surface area contributed by atoms with Gasteiger partial charge >= 0.3 is 11.9 Å². The summed E-state index contributed by atoms with van der Waals surface area (Å²) in [6, 6.07) is 0. The third-order valence-electron chi connectivity index (χ3n) is 10.6. The highest BCUT2D eigenvalue weighted by molar-refractivity contribution is 5.70. The van der Waals surface area contributed by atoms with Crippen molar-refractivity contribution in [2.45, 2.75) is 200 Å². The minimum atomic E-state index is -1.63. The van der Waals surface area contributed by atoms with E-state index in [9.17, 15) is 19.5 Å². The lowest BCUT2D eigenvalue weighted by Crippen LogP contribution is -2.44. The lowest BCUT2D eigenvalue weighted by molar-refractivity contribution is -0.870. The van der Waals surface area contributed by atoms with Crippen molar-refractivity contribution in [2.75, 3.05) is 47.5 Å². The van der Waals surface area contributed by atoms with Gasteiger partial charge in [-0.05, 0) is 89.9 Å². The van der Waals surface area contributed by atoms with Gasteiger partial charge in [-0.3, -0.25) is 9.59 Å². The van der Waals surface area contributed by atoms with E-state index in [0.29, 0.717) is 17.4 Å². The van der Waals surface area contributed by atoms with Gasteiger partial charge in [-0.25, -0.2) is 0 Å². The Kier molecular flexibility index (Phi) is 45.0. The van der Waals surface area contributed by atoms with E-state index in [2.05, 4.69) is 111 Å². The number of rotatable bonds is 46. The van der Waals surface area contributed by atoms with Crippen molar-refractivity contribution in [3.63, 3.8) is 0 Å². The zero-order valence-corrected chi connectivity index (χ0v) is 42.5. The molecule has 66 heavy (non-hydrogen) atoms. The molecular weight excluding hydrogens is 827 g/mol. The predicted molar refractivity (Wildman–Crippen MR) is 274 cm³/mol. The van der Waals surface area contributed by atoms with E-state index >= 15 is 0 Å². The number of esters is 2. The Balaban J connectivity index is 4.34. The van der Waals surface area contributed by atoms with Gasteiger partial charge in [0.15, 0.2) is 12.4 Å². The number of carboxylic acid groups (broad SMARTS) is 1. The first-order chi connectivity index (χ1) is 32.1. The molecule has 0 amide bonds. The summed E-state index contributed by atoms with van der Waals surface area (Å²) in [7, 11) is 5.90.